The Morgan fingerprint density at radius 2 is 2.15 bits per heavy atom. The second-order valence-electron chi connectivity index (χ2n) is 5.93. The number of nitrogens with zero attached hydrogens (tertiary/aromatic N) is 2. The van der Waals surface area contributed by atoms with Crippen LogP contribution in [0.2, 0.25) is 0 Å². The summed E-state index contributed by atoms with van der Waals surface area (Å²) in [6.45, 7) is 3.12. The number of ether oxygens (including phenoxy) is 1. The first-order chi connectivity index (χ1) is 11.8. The van der Waals surface area contributed by atoms with Crippen LogP contribution < -0.4 is 10.6 Å². The van der Waals surface area contributed by atoms with Gasteiger partial charge in [0.2, 0.25) is 0 Å². The molecule has 9 heteroatoms. The van der Waals surface area contributed by atoms with Crippen LogP contribution in [0.4, 0.5) is 0 Å². The van der Waals surface area contributed by atoms with E-state index in [9.17, 15) is 4.79 Å². The van der Waals surface area contributed by atoms with Gasteiger partial charge < -0.3 is 15.4 Å². The molecule has 26 heavy (non-hydrogen) atoms. The molecular weight excluding hydrogens is 395 g/mol. The highest BCUT2D eigenvalue weighted by Gasteiger charge is 2.20. The molecule has 142 valence electrons. The second-order valence-corrected chi connectivity index (χ2v) is 6.99. The van der Waals surface area contributed by atoms with E-state index in [1.165, 1.54) is 11.8 Å². The third kappa shape index (κ3) is 4.53. The number of amides is 1. The van der Waals surface area contributed by atoms with Crippen molar-refractivity contribution in [3.8, 4) is 0 Å². The molecule has 0 atom stereocenters. The number of thioether (sulfide) groups is 1. The molecule has 0 aromatic carbocycles. The van der Waals surface area contributed by atoms with E-state index in [1.807, 2.05) is 24.3 Å². The molecule has 0 spiro atoms. The van der Waals surface area contributed by atoms with Crippen LogP contribution in [0.3, 0.4) is 0 Å². The van der Waals surface area contributed by atoms with Gasteiger partial charge in [-0.2, -0.15) is 0 Å². The number of carbonyl (C=O) groups is 1. The standard InChI is InChI=1S/C17H20N4O2S.2ClH/c22-17(19-8-9-23-13-4-6-18-7-5-13)14-10-12-11-20-15-2-1-3-16(24-14)21(12)15;;/h1-3,10-11,13,18H,4-9H2,(H,19,22);2*1H. The summed E-state index contributed by atoms with van der Waals surface area (Å²) in [7, 11) is 0. The Balaban J connectivity index is 0.00000121. The smallest absolute Gasteiger partial charge is 0.258 e. The molecule has 0 radical (unpaired) electrons. The minimum absolute atomic E-state index is 0. The number of imidazole rings is 1. The van der Waals surface area contributed by atoms with E-state index in [4.69, 9.17) is 4.74 Å². The number of hydrogen-bond acceptors (Lipinski definition) is 5. The van der Waals surface area contributed by atoms with Gasteiger partial charge in [0.1, 0.15) is 5.65 Å². The highest BCUT2D eigenvalue weighted by atomic mass is 35.5. The quantitative estimate of drug-likeness (QED) is 0.732. The molecule has 4 rings (SSSR count). The summed E-state index contributed by atoms with van der Waals surface area (Å²) in [4.78, 5) is 17.5. The summed E-state index contributed by atoms with van der Waals surface area (Å²) in [5, 5.41) is 7.27. The Morgan fingerprint density at radius 3 is 2.96 bits per heavy atom. The van der Waals surface area contributed by atoms with E-state index in [0.717, 1.165) is 42.3 Å². The van der Waals surface area contributed by atoms with E-state index in [-0.39, 0.29) is 30.7 Å². The van der Waals surface area contributed by atoms with Crippen molar-refractivity contribution in [2.75, 3.05) is 26.2 Å². The molecule has 1 saturated heterocycles. The van der Waals surface area contributed by atoms with Gasteiger partial charge in [-0.15, -0.1) is 24.8 Å². The lowest BCUT2D eigenvalue weighted by Crippen LogP contribution is -2.35. The Kier molecular flexibility index (Phi) is 7.79. The highest BCUT2D eigenvalue weighted by molar-refractivity contribution is 8.04. The summed E-state index contributed by atoms with van der Waals surface area (Å²) in [5.41, 5.74) is 1.84. The van der Waals surface area contributed by atoms with Crippen LogP contribution in [0.15, 0.2) is 34.3 Å². The maximum Gasteiger partial charge on any atom is 0.258 e. The van der Waals surface area contributed by atoms with Crippen molar-refractivity contribution in [1.82, 2.24) is 20.0 Å². The number of rotatable bonds is 5. The molecule has 0 aliphatic carbocycles. The van der Waals surface area contributed by atoms with Crippen molar-refractivity contribution in [3.05, 3.63) is 35.0 Å². The predicted octanol–water partition coefficient (Wildman–Crippen LogP) is 2.51. The fraction of sp³-hybridized carbons (Fsp3) is 0.412. The first kappa shape index (κ1) is 21.1. The van der Waals surface area contributed by atoms with Gasteiger partial charge in [0, 0.05) is 6.54 Å². The molecule has 0 saturated carbocycles. The van der Waals surface area contributed by atoms with Gasteiger partial charge in [-0.1, -0.05) is 17.8 Å². The molecule has 6 nitrogen and oxygen atoms in total. The molecule has 1 amide bonds. The second kappa shape index (κ2) is 9.62. The molecular formula is C17H22Cl2N4O2S. The van der Waals surface area contributed by atoms with Crippen LogP contribution in [0, 0.1) is 0 Å². The third-order valence-corrected chi connectivity index (χ3v) is 5.32. The van der Waals surface area contributed by atoms with Crippen LogP contribution in [0.5, 0.6) is 0 Å². The van der Waals surface area contributed by atoms with Gasteiger partial charge in [-0.05, 0) is 44.1 Å². The summed E-state index contributed by atoms with van der Waals surface area (Å²) >= 11 is 1.47. The lowest BCUT2D eigenvalue weighted by Gasteiger charge is -2.23. The van der Waals surface area contributed by atoms with E-state index in [0.29, 0.717) is 24.2 Å². The van der Waals surface area contributed by atoms with Crippen molar-refractivity contribution in [2.45, 2.75) is 24.0 Å². The molecule has 2 N–H and O–H groups in total. The molecule has 0 bridgehead atoms. The van der Waals surface area contributed by atoms with Crippen molar-refractivity contribution in [1.29, 1.82) is 0 Å². The first-order valence-electron chi connectivity index (χ1n) is 8.28. The van der Waals surface area contributed by atoms with Crippen molar-refractivity contribution >= 4 is 54.2 Å². The molecule has 0 unspecified atom stereocenters. The van der Waals surface area contributed by atoms with Crippen molar-refractivity contribution in [2.24, 2.45) is 0 Å². The number of hydrogen-bond donors (Lipinski definition) is 2. The minimum Gasteiger partial charge on any atom is -0.376 e. The van der Waals surface area contributed by atoms with E-state index < -0.39 is 0 Å². The van der Waals surface area contributed by atoms with Crippen LogP contribution in [-0.4, -0.2) is 47.6 Å². The summed E-state index contributed by atoms with van der Waals surface area (Å²) in [5.74, 6) is -0.0571. The molecule has 2 aliphatic heterocycles. The summed E-state index contributed by atoms with van der Waals surface area (Å²) in [6.07, 6.45) is 6.09. The fourth-order valence-electron chi connectivity index (χ4n) is 3.04. The topological polar surface area (TPSA) is 67.7 Å². The monoisotopic (exact) mass is 416 g/mol. The fourth-order valence-corrected chi connectivity index (χ4v) is 4.04. The number of halogens is 2. The number of aromatic nitrogens is 2. The molecule has 1 fully saturated rings. The van der Waals surface area contributed by atoms with Crippen LogP contribution in [0.1, 0.15) is 18.5 Å². The van der Waals surface area contributed by atoms with Crippen LogP contribution in [0.25, 0.3) is 11.7 Å². The molecule has 2 aliphatic rings. The van der Waals surface area contributed by atoms with Crippen molar-refractivity contribution < 1.29 is 9.53 Å². The zero-order chi connectivity index (χ0) is 16.4. The minimum atomic E-state index is -0.0571. The van der Waals surface area contributed by atoms with Gasteiger partial charge in [-0.25, -0.2) is 4.98 Å². The Labute approximate surface area is 169 Å². The average molecular weight is 417 g/mol. The number of pyridine rings is 1. The van der Waals surface area contributed by atoms with Crippen LogP contribution >= 0.6 is 36.6 Å². The summed E-state index contributed by atoms with van der Waals surface area (Å²) < 4.78 is 7.87. The Morgan fingerprint density at radius 1 is 1.35 bits per heavy atom. The van der Waals surface area contributed by atoms with E-state index in [1.54, 1.807) is 6.20 Å². The molecule has 4 heterocycles. The van der Waals surface area contributed by atoms with Gasteiger partial charge >= 0.3 is 0 Å². The largest absolute Gasteiger partial charge is 0.376 e. The number of carbonyl (C=O) groups excluding carboxylic acids is 1. The van der Waals surface area contributed by atoms with E-state index >= 15 is 0 Å². The van der Waals surface area contributed by atoms with Gasteiger partial charge in [0.15, 0.2) is 0 Å². The van der Waals surface area contributed by atoms with Gasteiger partial charge in [-0.3, -0.25) is 9.20 Å². The average Bonchev–Trinajstić information content (AvgIpc) is 3.04. The predicted molar refractivity (Wildman–Crippen MR) is 108 cm³/mol. The SMILES string of the molecule is Cl.Cl.O=C(NCCOC1CCNCC1)C1=Cc2cnc3cccc(n23)S1. The van der Waals surface area contributed by atoms with Gasteiger partial charge in [0.25, 0.3) is 5.91 Å². The van der Waals surface area contributed by atoms with Crippen LogP contribution in [-0.2, 0) is 9.53 Å². The highest BCUT2D eigenvalue weighted by Crippen LogP contribution is 2.34. The van der Waals surface area contributed by atoms with E-state index in [2.05, 4.69) is 20.0 Å². The Bertz CT molecular complexity index is 790. The van der Waals surface area contributed by atoms with Crippen molar-refractivity contribution in [3.63, 3.8) is 0 Å². The zero-order valence-electron chi connectivity index (χ0n) is 14.1. The lowest BCUT2D eigenvalue weighted by molar-refractivity contribution is -0.117. The Hall–Kier alpha value is -1.25. The maximum atomic E-state index is 12.4. The molecule has 2 aromatic rings. The number of piperidine rings is 1. The lowest BCUT2D eigenvalue weighted by atomic mass is 10.1. The first-order valence-corrected chi connectivity index (χ1v) is 9.09. The van der Waals surface area contributed by atoms with Gasteiger partial charge in [0.05, 0.1) is 34.5 Å². The molecule has 2 aromatic heterocycles. The zero-order valence-corrected chi connectivity index (χ0v) is 16.6. The maximum absolute atomic E-state index is 12.4. The number of nitrogens with one attached hydrogen (secondary N) is 2. The summed E-state index contributed by atoms with van der Waals surface area (Å²) in [6, 6.07) is 5.93. The normalized spacial score (nSPS) is 16.4. The third-order valence-electron chi connectivity index (χ3n) is 4.27.